The summed E-state index contributed by atoms with van der Waals surface area (Å²) >= 11 is 3.62. The number of likely N-dealkylation sites (N-methyl/N-ethyl adjacent to an activating group) is 1. The van der Waals surface area contributed by atoms with Crippen molar-refractivity contribution in [1.82, 2.24) is 10.2 Å². The minimum absolute atomic E-state index is 0.133. The highest BCUT2D eigenvalue weighted by molar-refractivity contribution is 7.98. The Kier molecular flexibility index (Phi) is 7.86. The highest BCUT2D eigenvalue weighted by Gasteiger charge is 2.18. The lowest BCUT2D eigenvalue weighted by Crippen LogP contribution is -2.46. The molecule has 0 radical (unpaired) electrons. The standard InChI is InChI=1S/C20H28N4OS2/c1-2-23-10-12-24(13-11-23)19-8-4-3-7-18(19)22-20(25)21-9-15-26-16-17-6-5-14-27-17/h3-8,14H,2,9-13,15-16H2,1H3,(H2,21,22,25). The van der Waals surface area contributed by atoms with Gasteiger partial charge < -0.3 is 20.4 Å². The number of anilines is 2. The van der Waals surface area contributed by atoms with Crippen LogP contribution in [0.4, 0.5) is 16.2 Å². The van der Waals surface area contributed by atoms with E-state index in [1.807, 2.05) is 30.0 Å². The molecule has 0 bridgehead atoms. The summed E-state index contributed by atoms with van der Waals surface area (Å²) in [6.45, 7) is 8.09. The van der Waals surface area contributed by atoms with E-state index >= 15 is 0 Å². The molecular weight excluding hydrogens is 376 g/mol. The van der Waals surface area contributed by atoms with Crippen LogP contribution in [0.3, 0.4) is 0 Å². The zero-order valence-corrected chi connectivity index (χ0v) is 17.5. The van der Waals surface area contributed by atoms with Gasteiger partial charge in [-0.3, -0.25) is 0 Å². The van der Waals surface area contributed by atoms with Crippen molar-refractivity contribution in [3.8, 4) is 0 Å². The van der Waals surface area contributed by atoms with Gasteiger partial charge in [-0.15, -0.1) is 11.3 Å². The minimum Gasteiger partial charge on any atom is -0.367 e. The van der Waals surface area contributed by atoms with Crippen molar-refractivity contribution in [2.75, 3.05) is 55.2 Å². The van der Waals surface area contributed by atoms with E-state index < -0.39 is 0 Å². The van der Waals surface area contributed by atoms with E-state index in [0.717, 1.165) is 55.6 Å². The summed E-state index contributed by atoms with van der Waals surface area (Å²) < 4.78 is 0. The van der Waals surface area contributed by atoms with Gasteiger partial charge in [0.15, 0.2) is 0 Å². The molecule has 2 aromatic rings. The van der Waals surface area contributed by atoms with E-state index in [1.165, 1.54) is 4.88 Å². The Morgan fingerprint density at radius 2 is 1.96 bits per heavy atom. The number of hydrogen-bond donors (Lipinski definition) is 2. The predicted octanol–water partition coefficient (Wildman–Crippen LogP) is 3.94. The molecule has 2 amide bonds. The molecule has 146 valence electrons. The van der Waals surface area contributed by atoms with E-state index in [0.29, 0.717) is 6.54 Å². The average Bonchev–Trinajstić information content (AvgIpc) is 3.22. The largest absolute Gasteiger partial charge is 0.367 e. The van der Waals surface area contributed by atoms with Crippen molar-refractivity contribution >= 4 is 40.5 Å². The lowest BCUT2D eigenvalue weighted by atomic mass is 10.2. The Hall–Kier alpha value is -1.70. The first-order chi connectivity index (χ1) is 13.3. The molecule has 1 aliphatic rings. The van der Waals surface area contributed by atoms with Gasteiger partial charge in [0.2, 0.25) is 0 Å². The monoisotopic (exact) mass is 404 g/mol. The first-order valence-corrected chi connectivity index (χ1v) is 11.5. The third kappa shape index (κ3) is 6.16. The molecule has 0 atom stereocenters. The van der Waals surface area contributed by atoms with E-state index in [4.69, 9.17) is 0 Å². The lowest BCUT2D eigenvalue weighted by Gasteiger charge is -2.36. The number of nitrogens with one attached hydrogen (secondary N) is 2. The second-order valence-electron chi connectivity index (χ2n) is 6.45. The van der Waals surface area contributed by atoms with Crippen molar-refractivity contribution in [2.24, 2.45) is 0 Å². The maximum Gasteiger partial charge on any atom is 0.319 e. The SMILES string of the molecule is CCN1CCN(c2ccccc2NC(=O)NCCSCc2cccs2)CC1. The summed E-state index contributed by atoms with van der Waals surface area (Å²) in [5, 5.41) is 8.09. The number of thioether (sulfide) groups is 1. The number of hydrogen-bond acceptors (Lipinski definition) is 5. The summed E-state index contributed by atoms with van der Waals surface area (Å²) in [6, 6.07) is 12.2. The zero-order valence-electron chi connectivity index (χ0n) is 15.8. The molecule has 0 saturated carbocycles. The number of carbonyl (C=O) groups excluding carboxylic acids is 1. The van der Waals surface area contributed by atoms with Crippen LogP contribution in [0.1, 0.15) is 11.8 Å². The average molecular weight is 405 g/mol. The molecule has 1 saturated heterocycles. The van der Waals surface area contributed by atoms with Crippen LogP contribution in [0.15, 0.2) is 41.8 Å². The fraction of sp³-hybridized carbons (Fsp3) is 0.450. The predicted molar refractivity (Wildman–Crippen MR) is 118 cm³/mol. The second-order valence-corrected chi connectivity index (χ2v) is 8.59. The molecule has 3 rings (SSSR count). The maximum atomic E-state index is 12.3. The van der Waals surface area contributed by atoms with E-state index in [1.54, 1.807) is 11.3 Å². The normalized spacial score (nSPS) is 14.9. The molecule has 2 heterocycles. The van der Waals surface area contributed by atoms with E-state index in [2.05, 4.69) is 50.9 Å². The van der Waals surface area contributed by atoms with Gasteiger partial charge in [0.25, 0.3) is 0 Å². The molecule has 1 aromatic carbocycles. The number of benzene rings is 1. The molecule has 1 aliphatic heterocycles. The molecule has 7 heteroatoms. The fourth-order valence-corrected chi connectivity index (χ4v) is 4.83. The number of carbonyl (C=O) groups is 1. The highest BCUT2D eigenvalue weighted by atomic mass is 32.2. The van der Waals surface area contributed by atoms with Crippen LogP contribution in [0.25, 0.3) is 0 Å². The van der Waals surface area contributed by atoms with Gasteiger partial charge in [-0.1, -0.05) is 25.1 Å². The summed E-state index contributed by atoms with van der Waals surface area (Å²) in [4.78, 5) is 18.5. The third-order valence-corrected chi connectivity index (χ3v) is 6.74. The summed E-state index contributed by atoms with van der Waals surface area (Å²) in [5.74, 6) is 1.92. The fourth-order valence-electron chi connectivity index (χ4n) is 3.13. The number of urea groups is 1. The Bertz CT molecular complexity index is 700. The van der Waals surface area contributed by atoms with Crippen molar-refractivity contribution in [3.05, 3.63) is 46.7 Å². The van der Waals surface area contributed by atoms with Crippen LogP contribution in [0, 0.1) is 0 Å². The van der Waals surface area contributed by atoms with Gasteiger partial charge in [0.1, 0.15) is 0 Å². The molecule has 5 nitrogen and oxygen atoms in total. The van der Waals surface area contributed by atoms with Gasteiger partial charge in [-0.25, -0.2) is 4.79 Å². The van der Waals surface area contributed by atoms with Gasteiger partial charge in [-0.05, 0) is 30.1 Å². The lowest BCUT2D eigenvalue weighted by molar-refractivity contribution is 0.252. The van der Waals surface area contributed by atoms with E-state index in [9.17, 15) is 4.79 Å². The zero-order chi connectivity index (χ0) is 18.9. The molecule has 1 fully saturated rings. The summed E-state index contributed by atoms with van der Waals surface area (Å²) in [5.41, 5.74) is 1.99. The maximum absolute atomic E-state index is 12.3. The van der Waals surface area contributed by atoms with Gasteiger partial charge in [0, 0.05) is 49.1 Å². The molecule has 27 heavy (non-hydrogen) atoms. The van der Waals surface area contributed by atoms with Crippen LogP contribution in [0.2, 0.25) is 0 Å². The smallest absolute Gasteiger partial charge is 0.319 e. The first kappa shape index (κ1) is 20.0. The van der Waals surface area contributed by atoms with Gasteiger partial charge in [0.05, 0.1) is 11.4 Å². The molecule has 0 unspecified atom stereocenters. The number of para-hydroxylation sites is 2. The number of amides is 2. The number of nitrogens with zero attached hydrogens (tertiary/aromatic N) is 2. The number of rotatable bonds is 8. The summed E-state index contributed by atoms with van der Waals surface area (Å²) in [7, 11) is 0. The molecule has 0 spiro atoms. The Morgan fingerprint density at radius 1 is 1.15 bits per heavy atom. The molecule has 0 aliphatic carbocycles. The van der Waals surface area contributed by atoms with Crippen molar-refractivity contribution < 1.29 is 4.79 Å². The van der Waals surface area contributed by atoms with Gasteiger partial charge in [-0.2, -0.15) is 11.8 Å². The van der Waals surface area contributed by atoms with Crippen LogP contribution in [-0.2, 0) is 5.75 Å². The molecular formula is C20H28N4OS2. The first-order valence-electron chi connectivity index (χ1n) is 9.47. The third-order valence-electron chi connectivity index (χ3n) is 4.67. The highest BCUT2D eigenvalue weighted by Crippen LogP contribution is 2.26. The Morgan fingerprint density at radius 3 is 2.70 bits per heavy atom. The van der Waals surface area contributed by atoms with Crippen LogP contribution in [0.5, 0.6) is 0 Å². The Labute approximate surface area is 170 Å². The number of thiophene rings is 1. The number of piperazine rings is 1. The topological polar surface area (TPSA) is 47.6 Å². The van der Waals surface area contributed by atoms with Crippen LogP contribution in [-0.4, -0.2) is 56.0 Å². The van der Waals surface area contributed by atoms with Crippen molar-refractivity contribution in [3.63, 3.8) is 0 Å². The van der Waals surface area contributed by atoms with Crippen molar-refractivity contribution in [1.29, 1.82) is 0 Å². The minimum atomic E-state index is -0.133. The van der Waals surface area contributed by atoms with E-state index in [-0.39, 0.29) is 6.03 Å². The van der Waals surface area contributed by atoms with Gasteiger partial charge >= 0.3 is 6.03 Å². The van der Waals surface area contributed by atoms with Crippen molar-refractivity contribution in [2.45, 2.75) is 12.7 Å². The second kappa shape index (κ2) is 10.6. The quantitative estimate of drug-likeness (QED) is 0.654. The summed E-state index contributed by atoms with van der Waals surface area (Å²) in [6.07, 6.45) is 0. The Balaban J connectivity index is 1.43. The van der Waals surface area contributed by atoms with Crippen LogP contribution >= 0.6 is 23.1 Å². The molecule has 2 N–H and O–H groups in total. The molecule has 1 aromatic heterocycles. The van der Waals surface area contributed by atoms with Crippen LogP contribution < -0.4 is 15.5 Å².